The number of carboxylic acids is 2. The van der Waals surface area contributed by atoms with Gasteiger partial charge in [0.2, 0.25) is 0 Å². The van der Waals surface area contributed by atoms with Crippen LogP contribution in [0, 0.1) is 7.14 Å². The first kappa shape index (κ1) is 12.9. The van der Waals surface area contributed by atoms with E-state index in [1.54, 1.807) is 45.2 Å². The lowest BCUT2D eigenvalue weighted by atomic mass is 10.3. The molecule has 0 aliphatic carbocycles. The van der Waals surface area contributed by atoms with Crippen molar-refractivity contribution in [2.24, 2.45) is 0 Å². The SMILES string of the molecule is O=C(O)c1nc(C(=O)O)c(I)c(Cl)c1I. The fourth-order valence-electron chi connectivity index (χ4n) is 0.798. The standard InChI is InChI=1S/C7H2ClI2NO4/c8-1-2(9)4(6(12)13)11-5(3(1)10)7(14)15/h(H,12,13)(H,14,15). The van der Waals surface area contributed by atoms with Gasteiger partial charge in [0.25, 0.3) is 0 Å². The fourth-order valence-corrected chi connectivity index (χ4v) is 2.73. The van der Waals surface area contributed by atoms with Crippen LogP contribution in [0.15, 0.2) is 0 Å². The first-order valence-electron chi connectivity index (χ1n) is 3.37. The number of aromatic nitrogens is 1. The minimum absolute atomic E-state index is 0.0981. The molecule has 15 heavy (non-hydrogen) atoms. The van der Waals surface area contributed by atoms with Crippen molar-refractivity contribution in [1.82, 2.24) is 4.98 Å². The summed E-state index contributed by atoms with van der Waals surface area (Å²) < 4.78 is 0.465. The van der Waals surface area contributed by atoms with E-state index in [1.807, 2.05) is 0 Å². The monoisotopic (exact) mass is 453 g/mol. The minimum Gasteiger partial charge on any atom is -0.476 e. The molecule has 2 N–H and O–H groups in total. The molecule has 5 nitrogen and oxygen atoms in total. The van der Waals surface area contributed by atoms with Crippen LogP contribution in [0.1, 0.15) is 21.0 Å². The Kier molecular flexibility index (Phi) is 4.12. The lowest BCUT2D eigenvalue weighted by molar-refractivity contribution is 0.0683. The van der Waals surface area contributed by atoms with Gasteiger partial charge in [-0.15, -0.1) is 0 Å². The van der Waals surface area contributed by atoms with E-state index in [4.69, 9.17) is 21.8 Å². The molecule has 0 radical (unpaired) electrons. The zero-order valence-corrected chi connectivity index (χ0v) is 11.9. The summed E-state index contributed by atoms with van der Waals surface area (Å²) in [5.74, 6) is -2.61. The maximum absolute atomic E-state index is 10.7. The van der Waals surface area contributed by atoms with Gasteiger partial charge in [0.15, 0.2) is 11.4 Å². The molecular formula is C7H2ClI2NO4. The van der Waals surface area contributed by atoms with E-state index in [0.29, 0.717) is 0 Å². The van der Waals surface area contributed by atoms with Gasteiger partial charge in [-0.1, -0.05) is 11.6 Å². The molecule has 1 aromatic rings. The maximum Gasteiger partial charge on any atom is 0.355 e. The number of carboxylic acid groups (broad SMARTS) is 2. The molecular weight excluding hydrogens is 451 g/mol. The van der Waals surface area contributed by atoms with E-state index in [-0.39, 0.29) is 23.6 Å². The molecule has 0 saturated carbocycles. The normalized spacial score (nSPS) is 10.1. The van der Waals surface area contributed by atoms with Crippen LogP contribution in [0.4, 0.5) is 0 Å². The summed E-state index contributed by atoms with van der Waals surface area (Å²) in [5, 5.41) is 17.6. The number of hydrogen-bond donors (Lipinski definition) is 2. The van der Waals surface area contributed by atoms with E-state index < -0.39 is 11.9 Å². The van der Waals surface area contributed by atoms with E-state index in [2.05, 4.69) is 4.98 Å². The van der Waals surface area contributed by atoms with Gasteiger partial charge in [-0.25, -0.2) is 14.6 Å². The predicted molar refractivity (Wildman–Crippen MR) is 68.6 cm³/mol. The molecule has 0 aromatic carbocycles. The molecule has 0 aliphatic heterocycles. The number of rotatable bonds is 2. The second-order valence-electron chi connectivity index (χ2n) is 2.36. The average Bonchev–Trinajstić information content (AvgIpc) is 2.13. The van der Waals surface area contributed by atoms with Gasteiger partial charge < -0.3 is 10.2 Å². The molecule has 0 saturated heterocycles. The molecule has 1 rings (SSSR count). The van der Waals surface area contributed by atoms with Gasteiger partial charge in [0.05, 0.1) is 12.2 Å². The summed E-state index contributed by atoms with van der Waals surface area (Å²) in [6, 6.07) is 0. The first-order chi connectivity index (χ1) is 6.86. The second kappa shape index (κ2) is 4.78. The largest absolute Gasteiger partial charge is 0.476 e. The Morgan fingerprint density at radius 3 is 1.67 bits per heavy atom. The topological polar surface area (TPSA) is 87.5 Å². The molecule has 0 aliphatic rings. The average molecular weight is 453 g/mol. The second-order valence-corrected chi connectivity index (χ2v) is 4.90. The van der Waals surface area contributed by atoms with Crippen LogP contribution in [0.2, 0.25) is 5.02 Å². The number of hydrogen-bond acceptors (Lipinski definition) is 3. The highest BCUT2D eigenvalue weighted by molar-refractivity contribution is 14.1. The Morgan fingerprint density at radius 1 is 1.07 bits per heavy atom. The van der Waals surface area contributed by atoms with Crippen molar-refractivity contribution in [1.29, 1.82) is 0 Å². The lowest BCUT2D eigenvalue weighted by Gasteiger charge is -2.06. The van der Waals surface area contributed by atoms with Crippen molar-refractivity contribution in [3.8, 4) is 0 Å². The highest BCUT2D eigenvalue weighted by atomic mass is 127. The molecule has 0 spiro atoms. The highest BCUT2D eigenvalue weighted by Crippen LogP contribution is 2.28. The summed E-state index contributed by atoms with van der Waals surface area (Å²) in [6.07, 6.45) is 0. The maximum atomic E-state index is 10.7. The zero-order chi connectivity index (χ0) is 11.7. The van der Waals surface area contributed by atoms with Crippen molar-refractivity contribution in [2.45, 2.75) is 0 Å². The van der Waals surface area contributed by atoms with Gasteiger partial charge >= 0.3 is 11.9 Å². The quantitative estimate of drug-likeness (QED) is 0.672. The molecule has 80 valence electrons. The third-order valence-corrected chi connectivity index (χ3v) is 4.55. The van der Waals surface area contributed by atoms with Gasteiger partial charge in [-0.3, -0.25) is 0 Å². The molecule has 0 bridgehead atoms. The van der Waals surface area contributed by atoms with Crippen LogP contribution in [0.3, 0.4) is 0 Å². The van der Waals surface area contributed by atoms with Crippen LogP contribution in [-0.4, -0.2) is 27.1 Å². The zero-order valence-electron chi connectivity index (χ0n) is 6.79. The summed E-state index contributed by atoms with van der Waals surface area (Å²) in [7, 11) is 0. The molecule has 1 heterocycles. The fraction of sp³-hybridized carbons (Fsp3) is 0. The van der Waals surface area contributed by atoms with Gasteiger partial charge in [0.1, 0.15) is 0 Å². The Hall–Kier alpha value is -0.160. The molecule has 0 atom stereocenters. The van der Waals surface area contributed by atoms with Crippen LogP contribution >= 0.6 is 56.8 Å². The number of pyridine rings is 1. The molecule has 8 heteroatoms. The van der Waals surface area contributed by atoms with Crippen molar-refractivity contribution < 1.29 is 19.8 Å². The molecule has 0 fully saturated rings. The smallest absolute Gasteiger partial charge is 0.355 e. The van der Waals surface area contributed by atoms with Gasteiger partial charge in [-0.05, 0) is 45.2 Å². The third-order valence-electron chi connectivity index (χ3n) is 1.43. The number of halogens is 3. The lowest BCUT2D eigenvalue weighted by Crippen LogP contribution is -2.12. The Bertz CT molecular complexity index is 425. The van der Waals surface area contributed by atoms with Gasteiger partial charge in [0, 0.05) is 0 Å². The third kappa shape index (κ3) is 2.50. The number of nitrogens with zero attached hydrogens (tertiary/aromatic N) is 1. The number of carbonyl (C=O) groups is 2. The minimum atomic E-state index is -1.31. The Labute approximate surface area is 116 Å². The Morgan fingerprint density at radius 2 is 1.40 bits per heavy atom. The molecule has 0 unspecified atom stereocenters. The van der Waals surface area contributed by atoms with Crippen LogP contribution in [0.25, 0.3) is 0 Å². The summed E-state index contributed by atoms with van der Waals surface area (Å²) in [5.41, 5.74) is -0.697. The van der Waals surface area contributed by atoms with E-state index in [0.717, 1.165) is 0 Å². The van der Waals surface area contributed by atoms with Crippen LogP contribution < -0.4 is 0 Å². The number of aromatic carboxylic acids is 2. The van der Waals surface area contributed by atoms with E-state index in [1.165, 1.54) is 0 Å². The van der Waals surface area contributed by atoms with Crippen molar-refractivity contribution in [3.63, 3.8) is 0 Å². The van der Waals surface area contributed by atoms with Crippen molar-refractivity contribution in [3.05, 3.63) is 23.6 Å². The van der Waals surface area contributed by atoms with Crippen LogP contribution in [-0.2, 0) is 0 Å². The summed E-state index contributed by atoms with van der Waals surface area (Å²) in [4.78, 5) is 25.0. The predicted octanol–water partition coefficient (Wildman–Crippen LogP) is 2.34. The van der Waals surface area contributed by atoms with Crippen molar-refractivity contribution >= 4 is 68.7 Å². The first-order valence-corrected chi connectivity index (χ1v) is 5.91. The van der Waals surface area contributed by atoms with Crippen molar-refractivity contribution in [2.75, 3.05) is 0 Å². The van der Waals surface area contributed by atoms with Crippen LogP contribution in [0.5, 0.6) is 0 Å². The van der Waals surface area contributed by atoms with Gasteiger partial charge in [-0.2, -0.15) is 0 Å². The summed E-state index contributed by atoms with van der Waals surface area (Å²) in [6.45, 7) is 0. The van der Waals surface area contributed by atoms with E-state index >= 15 is 0 Å². The highest BCUT2D eigenvalue weighted by Gasteiger charge is 2.22. The molecule has 1 aromatic heterocycles. The van der Waals surface area contributed by atoms with E-state index in [9.17, 15) is 9.59 Å². The summed E-state index contributed by atoms with van der Waals surface area (Å²) >= 11 is 9.22. The Balaban J connectivity index is 3.59. The molecule has 0 amide bonds.